The number of anilines is 1. The molecule has 110 valence electrons. The first-order valence-electron chi connectivity index (χ1n) is 6.87. The Morgan fingerprint density at radius 1 is 1.50 bits per heavy atom. The fourth-order valence-electron chi connectivity index (χ4n) is 2.46. The van der Waals surface area contributed by atoms with Crippen LogP contribution in [0.25, 0.3) is 0 Å². The molecule has 0 amide bonds. The molecular formula is C14H20N2O4. The highest BCUT2D eigenvalue weighted by Gasteiger charge is 2.26. The van der Waals surface area contributed by atoms with Gasteiger partial charge in [-0.1, -0.05) is 0 Å². The van der Waals surface area contributed by atoms with Crippen molar-refractivity contribution in [1.82, 2.24) is 0 Å². The Kier molecular flexibility index (Phi) is 4.79. The summed E-state index contributed by atoms with van der Waals surface area (Å²) in [6.45, 7) is 0.898. The van der Waals surface area contributed by atoms with Crippen molar-refractivity contribution in [1.29, 1.82) is 0 Å². The lowest BCUT2D eigenvalue weighted by Gasteiger charge is -2.39. The standard InChI is InChI=1S/C14H20N2O4/c1-20-14-10-12(6-7-13(14)16(18)19)15(8-3-9-17)11-4-2-5-11/h6-7,10-11,17H,2-5,8-9H2,1H3. The minimum Gasteiger partial charge on any atom is -0.490 e. The number of nitrogens with zero attached hydrogens (tertiary/aromatic N) is 2. The van der Waals surface area contributed by atoms with Gasteiger partial charge in [0.2, 0.25) is 0 Å². The van der Waals surface area contributed by atoms with E-state index in [0.717, 1.165) is 25.1 Å². The molecule has 0 heterocycles. The summed E-state index contributed by atoms with van der Waals surface area (Å²) in [5, 5.41) is 19.9. The molecule has 0 radical (unpaired) electrons. The largest absolute Gasteiger partial charge is 0.490 e. The van der Waals surface area contributed by atoms with Crippen LogP contribution in [0, 0.1) is 10.1 Å². The molecule has 2 rings (SSSR count). The Morgan fingerprint density at radius 3 is 2.75 bits per heavy atom. The maximum absolute atomic E-state index is 10.9. The number of nitro groups is 1. The molecule has 0 aliphatic heterocycles. The van der Waals surface area contributed by atoms with Crippen LogP contribution in [0.2, 0.25) is 0 Å². The van der Waals surface area contributed by atoms with Crippen molar-refractivity contribution >= 4 is 11.4 Å². The summed E-state index contributed by atoms with van der Waals surface area (Å²) in [5.74, 6) is 0.279. The topological polar surface area (TPSA) is 75.8 Å². The Balaban J connectivity index is 2.25. The lowest BCUT2D eigenvalue weighted by atomic mass is 9.91. The molecule has 0 atom stereocenters. The molecule has 1 aliphatic rings. The van der Waals surface area contributed by atoms with Gasteiger partial charge in [0.25, 0.3) is 0 Å². The number of benzene rings is 1. The van der Waals surface area contributed by atoms with E-state index in [-0.39, 0.29) is 18.0 Å². The second-order valence-corrected chi connectivity index (χ2v) is 4.97. The van der Waals surface area contributed by atoms with Gasteiger partial charge in [-0.05, 0) is 31.7 Å². The van der Waals surface area contributed by atoms with Crippen LogP contribution in [0.5, 0.6) is 5.75 Å². The molecule has 1 aliphatic carbocycles. The number of ether oxygens (including phenoxy) is 1. The maximum Gasteiger partial charge on any atom is 0.311 e. The van der Waals surface area contributed by atoms with Gasteiger partial charge in [-0.3, -0.25) is 10.1 Å². The number of aliphatic hydroxyl groups is 1. The molecular weight excluding hydrogens is 260 g/mol. The summed E-state index contributed by atoms with van der Waals surface area (Å²) >= 11 is 0. The van der Waals surface area contributed by atoms with Gasteiger partial charge in [0.05, 0.1) is 12.0 Å². The van der Waals surface area contributed by atoms with Crippen LogP contribution < -0.4 is 9.64 Å². The zero-order valence-electron chi connectivity index (χ0n) is 11.6. The van der Waals surface area contributed by atoms with Gasteiger partial charge in [-0.15, -0.1) is 0 Å². The highest BCUT2D eigenvalue weighted by atomic mass is 16.6. The van der Waals surface area contributed by atoms with Gasteiger partial charge in [0.1, 0.15) is 0 Å². The van der Waals surface area contributed by atoms with Crippen molar-refractivity contribution in [3.8, 4) is 5.75 Å². The summed E-state index contributed by atoms with van der Waals surface area (Å²) in [5.41, 5.74) is 0.901. The summed E-state index contributed by atoms with van der Waals surface area (Å²) in [7, 11) is 1.44. The number of aliphatic hydroxyl groups excluding tert-OH is 1. The highest BCUT2D eigenvalue weighted by Crippen LogP contribution is 2.35. The van der Waals surface area contributed by atoms with E-state index in [1.165, 1.54) is 19.6 Å². The van der Waals surface area contributed by atoms with E-state index < -0.39 is 4.92 Å². The van der Waals surface area contributed by atoms with Crippen LogP contribution in [-0.4, -0.2) is 36.3 Å². The summed E-state index contributed by atoms with van der Waals surface area (Å²) < 4.78 is 5.12. The zero-order chi connectivity index (χ0) is 14.5. The number of rotatable bonds is 7. The molecule has 1 saturated carbocycles. The second-order valence-electron chi connectivity index (χ2n) is 4.97. The first-order valence-corrected chi connectivity index (χ1v) is 6.87. The normalized spacial score (nSPS) is 14.7. The van der Waals surface area contributed by atoms with Crippen molar-refractivity contribution in [3.05, 3.63) is 28.3 Å². The minimum atomic E-state index is -0.440. The molecule has 20 heavy (non-hydrogen) atoms. The van der Waals surface area contributed by atoms with Gasteiger partial charge in [0.15, 0.2) is 5.75 Å². The van der Waals surface area contributed by atoms with E-state index in [4.69, 9.17) is 9.84 Å². The summed E-state index contributed by atoms with van der Waals surface area (Å²) in [6.07, 6.45) is 4.16. The van der Waals surface area contributed by atoms with Crippen molar-refractivity contribution < 1.29 is 14.8 Å². The molecule has 0 spiro atoms. The third-order valence-electron chi connectivity index (χ3n) is 3.76. The Morgan fingerprint density at radius 2 is 2.25 bits per heavy atom. The SMILES string of the molecule is COc1cc(N(CCCO)C2CCC2)ccc1[N+](=O)[O-]. The monoisotopic (exact) mass is 280 g/mol. The van der Waals surface area contributed by atoms with E-state index >= 15 is 0 Å². The zero-order valence-corrected chi connectivity index (χ0v) is 11.6. The molecule has 1 fully saturated rings. The predicted molar refractivity (Wildman–Crippen MR) is 76.3 cm³/mol. The number of methoxy groups -OCH3 is 1. The first kappa shape index (κ1) is 14.6. The van der Waals surface area contributed by atoms with E-state index in [2.05, 4.69) is 4.90 Å². The Hall–Kier alpha value is -1.82. The van der Waals surface area contributed by atoms with Crippen LogP contribution >= 0.6 is 0 Å². The Bertz CT molecular complexity index is 474. The van der Waals surface area contributed by atoms with Gasteiger partial charge >= 0.3 is 5.69 Å². The summed E-state index contributed by atoms with van der Waals surface area (Å²) in [4.78, 5) is 12.7. The summed E-state index contributed by atoms with van der Waals surface area (Å²) in [6, 6.07) is 5.43. The fraction of sp³-hybridized carbons (Fsp3) is 0.571. The smallest absolute Gasteiger partial charge is 0.311 e. The van der Waals surface area contributed by atoms with Crippen LogP contribution in [0.4, 0.5) is 11.4 Å². The molecule has 1 aromatic carbocycles. The molecule has 1 aromatic rings. The molecule has 0 aromatic heterocycles. The van der Waals surface area contributed by atoms with Crippen molar-refractivity contribution in [2.24, 2.45) is 0 Å². The minimum absolute atomic E-state index is 0.0213. The highest BCUT2D eigenvalue weighted by molar-refractivity contribution is 5.60. The number of hydrogen-bond acceptors (Lipinski definition) is 5. The molecule has 6 heteroatoms. The van der Waals surface area contributed by atoms with E-state index in [9.17, 15) is 10.1 Å². The van der Waals surface area contributed by atoms with Crippen LogP contribution in [0.1, 0.15) is 25.7 Å². The first-order chi connectivity index (χ1) is 9.67. The lowest BCUT2D eigenvalue weighted by molar-refractivity contribution is -0.385. The molecule has 1 N–H and O–H groups in total. The van der Waals surface area contributed by atoms with Crippen LogP contribution in [0.15, 0.2) is 18.2 Å². The maximum atomic E-state index is 10.9. The van der Waals surface area contributed by atoms with E-state index in [1.54, 1.807) is 12.1 Å². The second kappa shape index (κ2) is 6.56. The third kappa shape index (κ3) is 3.01. The van der Waals surface area contributed by atoms with Gasteiger partial charge in [-0.2, -0.15) is 0 Å². The van der Waals surface area contributed by atoms with E-state index in [1.807, 2.05) is 0 Å². The van der Waals surface area contributed by atoms with E-state index in [0.29, 0.717) is 12.5 Å². The molecule has 0 bridgehead atoms. The fourth-order valence-corrected chi connectivity index (χ4v) is 2.46. The third-order valence-corrected chi connectivity index (χ3v) is 3.76. The lowest BCUT2D eigenvalue weighted by Crippen LogP contribution is -2.41. The molecule has 0 saturated heterocycles. The Labute approximate surface area is 118 Å². The average Bonchev–Trinajstić information content (AvgIpc) is 2.40. The van der Waals surface area contributed by atoms with Crippen molar-refractivity contribution in [3.63, 3.8) is 0 Å². The van der Waals surface area contributed by atoms with Crippen molar-refractivity contribution in [2.45, 2.75) is 31.7 Å². The van der Waals surface area contributed by atoms with Gasteiger partial charge < -0.3 is 14.7 Å². The van der Waals surface area contributed by atoms with Crippen molar-refractivity contribution in [2.75, 3.05) is 25.2 Å². The average molecular weight is 280 g/mol. The number of hydrogen-bond donors (Lipinski definition) is 1. The van der Waals surface area contributed by atoms with Crippen LogP contribution in [-0.2, 0) is 0 Å². The quantitative estimate of drug-likeness (QED) is 0.613. The van der Waals surface area contributed by atoms with Gasteiger partial charge in [-0.25, -0.2) is 0 Å². The predicted octanol–water partition coefficient (Wildman–Crippen LogP) is 2.34. The van der Waals surface area contributed by atoms with Crippen LogP contribution in [0.3, 0.4) is 0 Å². The molecule has 0 unspecified atom stereocenters. The number of nitro benzene ring substituents is 1. The van der Waals surface area contributed by atoms with Gasteiger partial charge in [0, 0.05) is 37.0 Å². The molecule has 6 nitrogen and oxygen atoms in total.